The normalized spacial score (nSPS) is 11.5. The lowest BCUT2D eigenvalue weighted by Crippen LogP contribution is -2.21. The van der Waals surface area contributed by atoms with Gasteiger partial charge in [0.2, 0.25) is 0 Å². The van der Waals surface area contributed by atoms with Crippen LogP contribution in [0, 0.1) is 11.8 Å². The first kappa shape index (κ1) is 15.6. The third kappa shape index (κ3) is 4.38. The first-order valence-corrected chi connectivity index (χ1v) is 6.36. The van der Waals surface area contributed by atoms with Crippen molar-refractivity contribution >= 4 is 11.4 Å². The summed E-state index contributed by atoms with van der Waals surface area (Å²) in [7, 11) is 1.48. The topological polar surface area (TPSA) is 21.6 Å². The Morgan fingerprint density at radius 2 is 1.64 bits per heavy atom. The maximum absolute atomic E-state index is 13.0. The van der Waals surface area contributed by atoms with Gasteiger partial charge in [0, 0.05) is 5.56 Å². The van der Waals surface area contributed by atoms with Crippen LogP contribution in [0.1, 0.15) is 5.56 Å². The molecule has 5 heteroatoms. The second kappa shape index (κ2) is 6.81. The number of rotatable bonds is 2. The number of hydrogen-bond donors (Lipinski definition) is 0. The van der Waals surface area contributed by atoms with E-state index in [0.29, 0.717) is 11.3 Å². The smallest absolute Gasteiger partial charge is 0.441 e. The van der Waals surface area contributed by atoms with Crippen molar-refractivity contribution in [3.63, 3.8) is 0 Å². The van der Waals surface area contributed by atoms with Crippen molar-refractivity contribution in [3.8, 4) is 17.6 Å². The Kier molecular flexibility index (Phi) is 4.84. The Bertz CT molecular complexity index is 708. The summed E-state index contributed by atoms with van der Waals surface area (Å²) in [5, 5.41) is 0. The van der Waals surface area contributed by atoms with Crippen molar-refractivity contribution in [1.29, 1.82) is 0 Å². The predicted octanol–water partition coefficient (Wildman–Crippen LogP) is 4.38. The molecule has 0 aromatic heterocycles. The van der Waals surface area contributed by atoms with Crippen LogP contribution in [0.5, 0.6) is 5.75 Å². The molecule has 0 bridgehead atoms. The fourth-order valence-electron chi connectivity index (χ4n) is 1.60. The fourth-order valence-corrected chi connectivity index (χ4v) is 1.60. The molecular formula is C17H12F3NO. The third-order valence-electron chi connectivity index (χ3n) is 2.68. The van der Waals surface area contributed by atoms with Crippen LogP contribution in [0.3, 0.4) is 0 Å². The number of hydrogen-bond acceptors (Lipinski definition) is 2. The van der Waals surface area contributed by atoms with Crippen molar-refractivity contribution in [2.24, 2.45) is 4.99 Å². The first-order chi connectivity index (χ1) is 10.5. The molecule has 2 aromatic carbocycles. The van der Waals surface area contributed by atoms with Crippen LogP contribution in [0.4, 0.5) is 18.9 Å². The van der Waals surface area contributed by atoms with Gasteiger partial charge < -0.3 is 4.74 Å². The van der Waals surface area contributed by atoms with Crippen molar-refractivity contribution in [2.45, 2.75) is 6.18 Å². The molecule has 2 rings (SSSR count). The van der Waals surface area contributed by atoms with Gasteiger partial charge in [0.1, 0.15) is 5.75 Å². The second-order valence-corrected chi connectivity index (χ2v) is 4.27. The zero-order valence-electron chi connectivity index (χ0n) is 11.7. The van der Waals surface area contributed by atoms with Gasteiger partial charge in [-0.3, -0.25) is 0 Å². The molecule has 0 aliphatic carbocycles. The Labute approximate surface area is 126 Å². The quantitative estimate of drug-likeness (QED) is 0.596. The van der Waals surface area contributed by atoms with Crippen molar-refractivity contribution < 1.29 is 17.9 Å². The minimum Gasteiger partial charge on any atom is -0.497 e. The van der Waals surface area contributed by atoms with Crippen LogP contribution in [-0.2, 0) is 0 Å². The average molecular weight is 303 g/mol. The van der Waals surface area contributed by atoms with E-state index in [1.54, 1.807) is 30.3 Å². The Morgan fingerprint density at radius 3 is 2.18 bits per heavy atom. The summed E-state index contributed by atoms with van der Waals surface area (Å²) in [5.41, 5.74) is -0.480. The largest absolute Gasteiger partial charge is 0.497 e. The summed E-state index contributed by atoms with van der Waals surface area (Å²) in [5.74, 6) is 5.11. The van der Waals surface area contributed by atoms with E-state index < -0.39 is 11.9 Å². The highest BCUT2D eigenvalue weighted by Gasteiger charge is 2.34. The molecule has 22 heavy (non-hydrogen) atoms. The van der Waals surface area contributed by atoms with E-state index in [-0.39, 0.29) is 5.69 Å². The summed E-state index contributed by atoms with van der Waals surface area (Å²) >= 11 is 0. The van der Waals surface area contributed by atoms with Gasteiger partial charge in [-0.25, -0.2) is 4.99 Å². The summed E-state index contributed by atoms with van der Waals surface area (Å²) < 4.78 is 43.9. The first-order valence-electron chi connectivity index (χ1n) is 6.36. The highest BCUT2D eigenvalue weighted by Crippen LogP contribution is 2.23. The molecule has 2 nitrogen and oxygen atoms in total. The maximum Gasteiger partial charge on any atom is 0.441 e. The van der Waals surface area contributed by atoms with E-state index in [1.165, 1.54) is 31.4 Å². The van der Waals surface area contributed by atoms with Gasteiger partial charge in [0.15, 0.2) is 5.71 Å². The summed E-state index contributed by atoms with van der Waals surface area (Å²) in [6, 6.07) is 14.4. The average Bonchev–Trinajstić information content (AvgIpc) is 2.52. The van der Waals surface area contributed by atoms with Crippen LogP contribution < -0.4 is 4.74 Å². The lowest BCUT2D eigenvalue weighted by Gasteiger charge is -2.05. The molecule has 0 saturated heterocycles. The highest BCUT2D eigenvalue weighted by molar-refractivity contribution is 6.06. The molecule has 0 aliphatic heterocycles. The van der Waals surface area contributed by atoms with Crippen LogP contribution in [0.2, 0.25) is 0 Å². The lowest BCUT2D eigenvalue weighted by atomic mass is 10.2. The Balaban J connectivity index is 2.34. The molecule has 0 unspecified atom stereocenters. The Hall–Kier alpha value is -2.74. The van der Waals surface area contributed by atoms with Gasteiger partial charge in [0.05, 0.1) is 12.8 Å². The summed E-state index contributed by atoms with van der Waals surface area (Å²) in [6.07, 6.45) is -4.61. The van der Waals surface area contributed by atoms with Crippen LogP contribution in [0.25, 0.3) is 0 Å². The molecule has 0 saturated carbocycles. The van der Waals surface area contributed by atoms with Gasteiger partial charge in [-0.05, 0) is 42.3 Å². The molecular weight excluding hydrogens is 291 g/mol. The molecule has 0 N–H and O–H groups in total. The molecule has 112 valence electrons. The number of aliphatic imine (C=N–C) groups is 1. The molecule has 0 spiro atoms. The molecule has 0 atom stereocenters. The number of nitrogens with zero attached hydrogens (tertiary/aromatic N) is 1. The zero-order chi connectivity index (χ0) is 16.0. The van der Waals surface area contributed by atoms with Crippen LogP contribution in [0.15, 0.2) is 59.6 Å². The predicted molar refractivity (Wildman–Crippen MR) is 79.5 cm³/mol. The van der Waals surface area contributed by atoms with E-state index in [9.17, 15) is 13.2 Å². The van der Waals surface area contributed by atoms with E-state index >= 15 is 0 Å². The van der Waals surface area contributed by atoms with E-state index in [1.807, 2.05) is 0 Å². The van der Waals surface area contributed by atoms with Crippen LogP contribution in [-0.4, -0.2) is 19.0 Å². The molecule has 0 amide bonds. The maximum atomic E-state index is 13.0. The number of ether oxygens (including phenoxy) is 1. The SMILES string of the molecule is COc1ccc(N=C(C#Cc2ccccc2)C(F)(F)F)cc1. The number of benzene rings is 2. The number of alkyl halides is 3. The second-order valence-electron chi connectivity index (χ2n) is 4.27. The molecule has 2 aromatic rings. The van der Waals surface area contributed by atoms with Crippen molar-refractivity contribution in [3.05, 3.63) is 60.2 Å². The van der Waals surface area contributed by atoms with E-state index in [4.69, 9.17) is 4.74 Å². The van der Waals surface area contributed by atoms with Gasteiger partial charge in [-0.2, -0.15) is 13.2 Å². The van der Waals surface area contributed by atoms with Gasteiger partial charge >= 0.3 is 6.18 Å². The van der Waals surface area contributed by atoms with Gasteiger partial charge in [-0.1, -0.05) is 24.1 Å². The molecule has 0 aliphatic rings. The number of methoxy groups -OCH3 is 1. The minimum absolute atomic E-state index is 0.162. The summed E-state index contributed by atoms with van der Waals surface area (Å²) in [4.78, 5) is 3.58. The lowest BCUT2D eigenvalue weighted by molar-refractivity contribution is -0.0571. The monoisotopic (exact) mass is 303 g/mol. The van der Waals surface area contributed by atoms with E-state index in [2.05, 4.69) is 16.8 Å². The highest BCUT2D eigenvalue weighted by atomic mass is 19.4. The molecule has 0 radical (unpaired) electrons. The zero-order valence-corrected chi connectivity index (χ0v) is 11.7. The van der Waals surface area contributed by atoms with Crippen LogP contribution >= 0.6 is 0 Å². The molecule has 0 heterocycles. The number of halogens is 3. The van der Waals surface area contributed by atoms with Gasteiger partial charge in [0.25, 0.3) is 0 Å². The Morgan fingerprint density at radius 1 is 1.00 bits per heavy atom. The van der Waals surface area contributed by atoms with Gasteiger partial charge in [-0.15, -0.1) is 0 Å². The van der Waals surface area contributed by atoms with Crippen molar-refractivity contribution in [1.82, 2.24) is 0 Å². The van der Waals surface area contributed by atoms with Crippen molar-refractivity contribution in [2.75, 3.05) is 7.11 Å². The van der Waals surface area contributed by atoms with E-state index in [0.717, 1.165) is 0 Å². The summed E-state index contributed by atoms with van der Waals surface area (Å²) in [6.45, 7) is 0. The third-order valence-corrected chi connectivity index (χ3v) is 2.68. The minimum atomic E-state index is -4.61. The fraction of sp³-hybridized carbons (Fsp3) is 0.118. The standard InChI is InChI=1S/C17H12F3NO/c1-22-15-10-8-14(9-11-15)21-16(17(18,19)20)12-7-13-5-3-2-4-6-13/h2-6,8-11H,1H3. The molecule has 0 fully saturated rings.